The number of rotatable bonds is 4. The zero-order valence-corrected chi connectivity index (χ0v) is 13.0. The first-order valence-corrected chi connectivity index (χ1v) is 6.76. The molecule has 1 unspecified atom stereocenters. The second kappa shape index (κ2) is 5.73. The summed E-state index contributed by atoms with van der Waals surface area (Å²) in [6, 6.07) is 3.37. The van der Waals surface area contributed by atoms with Crippen molar-refractivity contribution in [3.63, 3.8) is 0 Å². The number of nitro groups is 1. The van der Waals surface area contributed by atoms with Crippen LogP contribution in [0.1, 0.15) is 31.1 Å². The summed E-state index contributed by atoms with van der Waals surface area (Å²) in [5.41, 5.74) is -2.56. The zero-order valence-electron chi connectivity index (χ0n) is 13.0. The average Bonchev–Trinajstić information content (AvgIpc) is 2.84. The number of nitrogens with zero attached hydrogens (tertiary/aromatic N) is 2. The summed E-state index contributed by atoms with van der Waals surface area (Å²) >= 11 is 0. The van der Waals surface area contributed by atoms with E-state index in [0.29, 0.717) is 0 Å². The molecule has 24 heavy (non-hydrogen) atoms. The predicted octanol–water partition coefficient (Wildman–Crippen LogP) is 2.23. The highest BCUT2D eigenvalue weighted by Crippen LogP contribution is 2.30. The molecule has 0 radical (unpaired) electrons. The predicted molar refractivity (Wildman–Crippen MR) is 79.3 cm³/mol. The lowest BCUT2D eigenvalue weighted by Crippen LogP contribution is -2.33. The van der Waals surface area contributed by atoms with Crippen molar-refractivity contribution in [1.82, 2.24) is 0 Å². The number of Topliss-reactive ketones (excluding diaryl/α,β-unsaturated/α-hetero) is 2. The number of hydrogen-bond acceptors (Lipinski definition) is 8. The molecule has 124 valence electrons. The van der Waals surface area contributed by atoms with Crippen LogP contribution in [0, 0.1) is 32.8 Å². The average molecular weight is 332 g/mol. The third kappa shape index (κ3) is 2.94. The van der Waals surface area contributed by atoms with Gasteiger partial charge in [-0.25, -0.2) is 4.79 Å². The van der Waals surface area contributed by atoms with Crippen LogP contribution < -0.4 is 5.82 Å². The van der Waals surface area contributed by atoms with Crippen LogP contribution in [0.25, 0.3) is 11.2 Å². The number of hydrogen-bond donors (Lipinski definition) is 0. The first kappa shape index (κ1) is 17.1. The van der Waals surface area contributed by atoms with Crippen LogP contribution >= 0.6 is 0 Å². The first-order valence-electron chi connectivity index (χ1n) is 6.76. The van der Waals surface area contributed by atoms with E-state index < -0.39 is 44.9 Å². The Labute approximate surface area is 134 Å². The van der Waals surface area contributed by atoms with E-state index in [1.807, 2.05) is 0 Å². The second-order valence-corrected chi connectivity index (χ2v) is 6.07. The molecule has 2 rings (SSSR count). The van der Waals surface area contributed by atoms with Gasteiger partial charge in [-0.3, -0.25) is 19.7 Å². The number of fused-ring (bicyclic) bond motifs is 1. The Balaban J connectivity index is 2.65. The van der Waals surface area contributed by atoms with Crippen LogP contribution in [0.5, 0.6) is 0 Å². The van der Waals surface area contributed by atoms with Crippen LogP contribution in [-0.4, -0.2) is 16.5 Å². The molecule has 9 heteroatoms. The van der Waals surface area contributed by atoms with Gasteiger partial charge in [-0.15, -0.1) is 0 Å². The van der Waals surface area contributed by atoms with Crippen LogP contribution in [0.2, 0.25) is 0 Å². The maximum atomic E-state index is 12.5. The largest absolute Gasteiger partial charge is 0.519 e. The molecule has 1 atom stereocenters. The van der Waals surface area contributed by atoms with Crippen molar-refractivity contribution in [3.05, 3.63) is 38.4 Å². The van der Waals surface area contributed by atoms with Gasteiger partial charge in [0.25, 0.3) is 5.69 Å². The summed E-state index contributed by atoms with van der Waals surface area (Å²) in [6.45, 7) is 4.58. The Morgan fingerprint density at radius 3 is 2.25 bits per heavy atom. The minimum Gasteiger partial charge on any atom is -0.391 e. The van der Waals surface area contributed by atoms with E-state index in [0.717, 1.165) is 12.1 Å². The molecule has 0 saturated heterocycles. The molecule has 0 saturated carbocycles. The van der Waals surface area contributed by atoms with Crippen molar-refractivity contribution >= 4 is 28.4 Å². The van der Waals surface area contributed by atoms with Crippen LogP contribution in [0.4, 0.5) is 5.69 Å². The van der Waals surface area contributed by atoms with Gasteiger partial charge in [-0.1, -0.05) is 20.8 Å². The fraction of sp³-hybridized carbons (Fsp3) is 0.333. The third-order valence-corrected chi connectivity index (χ3v) is 3.30. The van der Waals surface area contributed by atoms with Gasteiger partial charge >= 0.3 is 5.82 Å². The third-order valence-electron chi connectivity index (χ3n) is 3.30. The Morgan fingerprint density at radius 2 is 1.79 bits per heavy atom. The van der Waals surface area contributed by atoms with Crippen molar-refractivity contribution in [2.45, 2.75) is 20.8 Å². The van der Waals surface area contributed by atoms with E-state index >= 15 is 0 Å². The lowest BCUT2D eigenvalue weighted by molar-refractivity contribution is -0.385. The van der Waals surface area contributed by atoms with E-state index in [9.17, 15) is 29.8 Å². The van der Waals surface area contributed by atoms with Crippen molar-refractivity contribution in [2.75, 3.05) is 0 Å². The van der Waals surface area contributed by atoms with Gasteiger partial charge in [0.1, 0.15) is 5.56 Å². The monoisotopic (exact) mass is 332 g/mol. The van der Waals surface area contributed by atoms with Gasteiger partial charge in [-0.2, -0.15) is 5.26 Å². The number of nitro benzene ring substituents is 1. The molecule has 1 aromatic heterocycles. The molecule has 0 aliphatic heterocycles. The van der Waals surface area contributed by atoms with E-state index in [1.54, 1.807) is 6.07 Å². The summed E-state index contributed by atoms with van der Waals surface area (Å²) in [5, 5.41) is 20.4. The van der Waals surface area contributed by atoms with Gasteiger partial charge < -0.3 is 8.83 Å². The maximum Gasteiger partial charge on any atom is 0.519 e. The number of benzene rings is 1. The molecule has 2 aromatic rings. The van der Waals surface area contributed by atoms with Crippen molar-refractivity contribution in [1.29, 1.82) is 5.26 Å². The Bertz CT molecular complexity index is 953. The van der Waals surface area contributed by atoms with E-state index in [-0.39, 0.29) is 11.2 Å². The first-order chi connectivity index (χ1) is 11.1. The van der Waals surface area contributed by atoms with Crippen molar-refractivity contribution < 1.29 is 23.3 Å². The van der Waals surface area contributed by atoms with Crippen molar-refractivity contribution in [3.8, 4) is 6.07 Å². The SMILES string of the molecule is CC(C)(C)C(=O)C(C#N)C(=O)c1cc2oc(=O)oc2cc1[N+](=O)[O-]. The highest BCUT2D eigenvalue weighted by atomic mass is 16.6. The molecule has 0 aliphatic rings. The number of nitriles is 1. The molecular formula is C15H12N2O7. The molecule has 1 aromatic carbocycles. The Morgan fingerprint density at radius 1 is 1.25 bits per heavy atom. The second-order valence-electron chi connectivity index (χ2n) is 6.07. The lowest BCUT2D eigenvalue weighted by Gasteiger charge is -2.19. The molecule has 1 heterocycles. The maximum absolute atomic E-state index is 12.5. The normalized spacial score (nSPS) is 12.6. The summed E-state index contributed by atoms with van der Waals surface area (Å²) in [4.78, 5) is 46.2. The minimum atomic E-state index is -1.71. The number of carbonyl (C=O) groups excluding carboxylic acids is 2. The molecule has 9 nitrogen and oxygen atoms in total. The van der Waals surface area contributed by atoms with Gasteiger partial charge in [0, 0.05) is 11.5 Å². The van der Waals surface area contributed by atoms with Gasteiger partial charge in [-0.05, 0) is 0 Å². The molecule has 0 bridgehead atoms. The molecule has 0 amide bonds. The van der Waals surface area contributed by atoms with Gasteiger partial charge in [0.05, 0.1) is 17.1 Å². The Hall–Kier alpha value is -3.28. The van der Waals surface area contributed by atoms with Crippen LogP contribution in [-0.2, 0) is 4.79 Å². The molecule has 0 aliphatic carbocycles. The van der Waals surface area contributed by atoms with E-state index in [1.165, 1.54) is 20.8 Å². The van der Waals surface area contributed by atoms with Crippen LogP contribution in [0.3, 0.4) is 0 Å². The molecule has 0 spiro atoms. The quantitative estimate of drug-likeness (QED) is 0.358. The topological polar surface area (TPSA) is 144 Å². The molecular weight excluding hydrogens is 320 g/mol. The fourth-order valence-electron chi connectivity index (χ4n) is 2.08. The van der Waals surface area contributed by atoms with E-state index in [4.69, 9.17) is 0 Å². The standard InChI is InChI=1S/C15H12N2O7/c1-15(2,3)13(19)8(6-16)12(18)7-4-10-11(24-14(20)23-10)5-9(7)17(21)22/h4-5,8H,1-3H3. The summed E-state index contributed by atoms with van der Waals surface area (Å²) in [5.74, 6) is -4.50. The highest BCUT2D eigenvalue weighted by molar-refractivity contribution is 6.16. The lowest BCUT2D eigenvalue weighted by atomic mass is 9.80. The highest BCUT2D eigenvalue weighted by Gasteiger charge is 2.38. The number of carbonyl (C=O) groups is 2. The summed E-state index contributed by atoms with van der Waals surface area (Å²) in [6.07, 6.45) is 0. The smallest absolute Gasteiger partial charge is 0.391 e. The molecule has 0 fully saturated rings. The molecule has 0 N–H and O–H groups in total. The summed E-state index contributed by atoms with van der Waals surface area (Å²) < 4.78 is 9.28. The van der Waals surface area contributed by atoms with Crippen LogP contribution in [0.15, 0.2) is 25.8 Å². The Kier molecular flexibility index (Phi) is 4.08. The fourth-order valence-corrected chi connectivity index (χ4v) is 2.08. The number of ketones is 2. The van der Waals surface area contributed by atoms with Gasteiger partial charge in [0.2, 0.25) is 0 Å². The minimum absolute atomic E-state index is 0.186. The summed E-state index contributed by atoms with van der Waals surface area (Å²) in [7, 11) is 0. The van der Waals surface area contributed by atoms with E-state index in [2.05, 4.69) is 8.83 Å². The van der Waals surface area contributed by atoms with Gasteiger partial charge in [0.15, 0.2) is 28.7 Å². The zero-order chi connectivity index (χ0) is 18.2. The van der Waals surface area contributed by atoms with Crippen molar-refractivity contribution in [2.24, 2.45) is 11.3 Å².